The molecule has 0 unspecified atom stereocenters. The molecule has 9 heteroatoms. The van der Waals surface area contributed by atoms with E-state index < -0.39 is 0 Å². The van der Waals surface area contributed by atoms with Gasteiger partial charge < -0.3 is 14.4 Å². The molecule has 0 atom stereocenters. The molecule has 1 aliphatic heterocycles. The Hall–Kier alpha value is -6.04. The van der Waals surface area contributed by atoms with E-state index in [0.717, 1.165) is 44.7 Å². The van der Waals surface area contributed by atoms with Crippen LogP contribution in [0.1, 0.15) is 43.7 Å². The molecule has 49 heavy (non-hydrogen) atoms. The predicted molar refractivity (Wildman–Crippen MR) is 189 cm³/mol. The predicted octanol–water partition coefficient (Wildman–Crippen LogP) is 7.91. The molecule has 1 aliphatic rings. The van der Waals surface area contributed by atoms with Crippen LogP contribution in [0.5, 0.6) is 11.5 Å². The number of pyridine rings is 1. The van der Waals surface area contributed by atoms with E-state index in [0.29, 0.717) is 41.5 Å². The second kappa shape index (κ2) is 15.7. The summed E-state index contributed by atoms with van der Waals surface area (Å²) in [5.41, 5.74) is 9.51. The molecule has 0 amide bonds. The van der Waals surface area contributed by atoms with Crippen LogP contribution in [0.25, 0.3) is 16.7 Å². The summed E-state index contributed by atoms with van der Waals surface area (Å²) in [5.74, 6) is 0.663. The molecule has 0 radical (unpaired) electrons. The van der Waals surface area contributed by atoms with Crippen molar-refractivity contribution >= 4 is 36.0 Å². The molecular formula is C40H32ClN3O5. The molecule has 1 aromatic heterocycles. The number of hydrogen-bond donors (Lipinski definition) is 0. The summed E-state index contributed by atoms with van der Waals surface area (Å²) < 4.78 is 12.1. The Morgan fingerprint density at radius 3 is 2.37 bits per heavy atom. The molecule has 3 aromatic carbocycles. The van der Waals surface area contributed by atoms with Crippen molar-refractivity contribution < 1.29 is 23.9 Å². The Morgan fingerprint density at radius 1 is 0.918 bits per heavy atom. The van der Waals surface area contributed by atoms with Gasteiger partial charge in [0.15, 0.2) is 18.9 Å². The van der Waals surface area contributed by atoms with Crippen LogP contribution in [0.15, 0.2) is 109 Å². The smallest absolute Gasteiger partial charge is 0.153 e. The van der Waals surface area contributed by atoms with Crippen molar-refractivity contribution in [2.24, 2.45) is 0 Å². The van der Waals surface area contributed by atoms with Gasteiger partial charge in [-0.15, -0.1) is 0 Å². The first-order chi connectivity index (χ1) is 23.8. The van der Waals surface area contributed by atoms with E-state index in [2.05, 4.69) is 43.1 Å². The number of likely N-dealkylation sites (N-methyl/N-ethyl adjacent to an activating group) is 1. The molecule has 244 valence electrons. The molecule has 4 aromatic rings. The fourth-order valence-electron chi connectivity index (χ4n) is 5.40. The quantitative estimate of drug-likeness (QED) is 0.0648. The molecule has 0 aliphatic carbocycles. The molecule has 8 nitrogen and oxygen atoms in total. The molecule has 2 heterocycles. The molecule has 0 spiro atoms. The normalized spacial score (nSPS) is 12.9. The summed E-state index contributed by atoms with van der Waals surface area (Å²) in [6, 6.07) is 19.1. The van der Waals surface area contributed by atoms with Gasteiger partial charge >= 0.3 is 0 Å². The highest BCUT2D eigenvalue weighted by Gasteiger charge is 2.16. The van der Waals surface area contributed by atoms with Crippen LogP contribution >= 0.6 is 11.6 Å². The van der Waals surface area contributed by atoms with E-state index in [-0.39, 0.29) is 29.4 Å². The topological polar surface area (TPSA) is 110 Å². The minimum Gasteiger partial charge on any atom is -0.488 e. The Morgan fingerprint density at radius 2 is 1.63 bits per heavy atom. The third kappa shape index (κ3) is 7.92. The summed E-state index contributed by atoms with van der Waals surface area (Å²) in [6.45, 7) is 4.46. The Labute approximate surface area is 289 Å². The summed E-state index contributed by atoms with van der Waals surface area (Å²) in [6.07, 6.45) is 14.0. The number of allylic oxidation sites excluding steroid dienone is 6. The number of carbonyl (C=O) groups excluding carboxylic acids is 3. The molecule has 5 rings (SSSR count). The SMILES string of the molecule is Cc1c(COc2cc(OCc3cncc(C#N)c3)c(C=O)cc2Cl)cccc1-c1cccc(C2=C/C(=C/C=C(C=O)C=O)N(C)C=C2)c1C. The highest BCUT2D eigenvalue weighted by molar-refractivity contribution is 6.32. The average molecular weight is 670 g/mol. The van der Waals surface area contributed by atoms with Crippen LogP contribution in [0.2, 0.25) is 5.02 Å². The van der Waals surface area contributed by atoms with Crippen molar-refractivity contribution in [1.82, 2.24) is 9.88 Å². The summed E-state index contributed by atoms with van der Waals surface area (Å²) >= 11 is 6.51. The van der Waals surface area contributed by atoms with Crippen LogP contribution in [0, 0.1) is 25.2 Å². The van der Waals surface area contributed by atoms with E-state index >= 15 is 0 Å². The van der Waals surface area contributed by atoms with E-state index in [1.165, 1.54) is 18.3 Å². The number of benzene rings is 3. The van der Waals surface area contributed by atoms with Gasteiger partial charge in [0.2, 0.25) is 0 Å². The van der Waals surface area contributed by atoms with Gasteiger partial charge in [0.1, 0.15) is 30.8 Å². The zero-order valence-corrected chi connectivity index (χ0v) is 27.9. The van der Waals surface area contributed by atoms with Crippen molar-refractivity contribution in [1.29, 1.82) is 5.26 Å². The van der Waals surface area contributed by atoms with Gasteiger partial charge in [-0.25, -0.2) is 0 Å². The molecule has 0 N–H and O–H groups in total. The van der Waals surface area contributed by atoms with Crippen molar-refractivity contribution in [3.63, 3.8) is 0 Å². The number of ether oxygens (including phenoxy) is 2. The lowest BCUT2D eigenvalue weighted by Crippen LogP contribution is -2.12. The molecule has 0 bridgehead atoms. The first kappa shape index (κ1) is 34.3. The van der Waals surface area contributed by atoms with E-state index in [4.69, 9.17) is 26.3 Å². The fourth-order valence-corrected chi connectivity index (χ4v) is 5.63. The number of nitrogens with zero attached hydrogens (tertiary/aromatic N) is 3. The van der Waals surface area contributed by atoms with Gasteiger partial charge in [-0.2, -0.15) is 5.26 Å². The van der Waals surface area contributed by atoms with Crippen molar-refractivity contribution in [2.75, 3.05) is 7.05 Å². The molecular weight excluding hydrogens is 638 g/mol. The third-order valence-corrected chi connectivity index (χ3v) is 8.48. The van der Waals surface area contributed by atoms with Crippen LogP contribution < -0.4 is 9.47 Å². The highest BCUT2D eigenvalue weighted by Crippen LogP contribution is 2.36. The number of rotatable bonds is 12. The Bertz CT molecular complexity index is 2100. The minimum atomic E-state index is 0.0636. The number of nitriles is 1. The monoisotopic (exact) mass is 669 g/mol. The third-order valence-electron chi connectivity index (χ3n) is 8.18. The average Bonchev–Trinajstić information content (AvgIpc) is 3.12. The van der Waals surface area contributed by atoms with Gasteiger partial charge in [0.25, 0.3) is 0 Å². The van der Waals surface area contributed by atoms with Crippen molar-refractivity contribution in [3.8, 4) is 28.7 Å². The summed E-state index contributed by atoms with van der Waals surface area (Å²) in [5, 5.41) is 9.43. The first-order valence-corrected chi connectivity index (χ1v) is 15.7. The Kier molecular flexibility index (Phi) is 11.0. The number of aldehydes is 3. The lowest BCUT2D eigenvalue weighted by atomic mass is 9.88. The van der Waals surface area contributed by atoms with Crippen molar-refractivity contribution in [3.05, 3.63) is 153 Å². The number of aromatic nitrogens is 1. The van der Waals surface area contributed by atoms with E-state index in [9.17, 15) is 14.4 Å². The van der Waals surface area contributed by atoms with Crippen LogP contribution in [-0.4, -0.2) is 35.8 Å². The fraction of sp³-hybridized carbons (Fsp3) is 0.125. The van der Waals surface area contributed by atoms with E-state index in [1.54, 1.807) is 24.4 Å². The van der Waals surface area contributed by atoms with E-state index in [1.807, 2.05) is 48.5 Å². The highest BCUT2D eigenvalue weighted by atomic mass is 35.5. The molecule has 0 fully saturated rings. The summed E-state index contributed by atoms with van der Waals surface area (Å²) in [4.78, 5) is 39.9. The van der Waals surface area contributed by atoms with Gasteiger partial charge in [-0.05, 0) is 89.2 Å². The first-order valence-electron chi connectivity index (χ1n) is 15.3. The Balaban J connectivity index is 1.39. The lowest BCUT2D eigenvalue weighted by molar-refractivity contribution is -0.109. The van der Waals surface area contributed by atoms with Gasteiger partial charge in [0, 0.05) is 43.0 Å². The zero-order valence-electron chi connectivity index (χ0n) is 27.1. The number of halogens is 1. The van der Waals surface area contributed by atoms with Crippen molar-refractivity contribution in [2.45, 2.75) is 27.1 Å². The van der Waals surface area contributed by atoms with Crippen LogP contribution in [0.3, 0.4) is 0 Å². The standard InChI is InChI=1S/C40H32ClN3O5/c1-26-32(25-49-40-17-39(33(23-47)16-38(40)41)48-24-30-14-29(18-42)19-43-20-30)6-4-8-36(26)37-9-5-7-35(27(37)2)31-12-13-44(3)34(15-31)11-10-28(21-45)22-46/h4-17,19-23H,24-25H2,1-3H3/b34-11-. The second-order valence-electron chi connectivity index (χ2n) is 11.3. The van der Waals surface area contributed by atoms with Gasteiger partial charge in [-0.3, -0.25) is 19.4 Å². The maximum atomic E-state index is 11.8. The maximum absolute atomic E-state index is 11.8. The number of hydrogen-bond acceptors (Lipinski definition) is 8. The second-order valence-corrected chi connectivity index (χ2v) is 11.7. The van der Waals surface area contributed by atoms with Gasteiger partial charge in [0.05, 0.1) is 21.7 Å². The summed E-state index contributed by atoms with van der Waals surface area (Å²) in [7, 11) is 1.90. The largest absolute Gasteiger partial charge is 0.488 e. The number of carbonyl (C=O) groups is 3. The minimum absolute atomic E-state index is 0.0636. The van der Waals surface area contributed by atoms with Crippen LogP contribution in [0.4, 0.5) is 0 Å². The zero-order chi connectivity index (χ0) is 34.9. The molecule has 0 saturated carbocycles. The molecule has 0 saturated heterocycles. The lowest BCUT2D eigenvalue weighted by Gasteiger charge is -2.23. The maximum Gasteiger partial charge on any atom is 0.153 e. The van der Waals surface area contributed by atoms with Gasteiger partial charge in [-0.1, -0.05) is 48.0 Å². The van der Waals surface area contributed by atoms with Crippen LogP contribution in [-0.2, 0) is 22.8 Å².